The number of rotatable bonds is 3. The predicted molar refractivity (Wildman–Crippen MR) is 84.5 cm³/mol. The molecule has 0 fully saturated rings. The molecule has 0 saturated carbocycles. The van der Waals surface area contributed by atoms with Crippen molar-refractivity contribution in [2.75, 3.05) is 0 Å². The van der Waals surface area contributed by atoms with Crippen molar-refractivity contribution in [1.82, 2.24) is 15.0 Å². The fraction of sp³-hybridized carbons (Fsp3) is 0. The summed E-state index contributed by atoms with van der Waals surface area (Å²) >= 11 is 9.24. The summed E-state index contributed by atoms with van der Waals surface area (Å²) < 4.78 is 6.62. The highest BCUT2D eigenvalue weighted by Crippen LogP contribution is 2.31. The van der Waals surface area contributed by atoms with E-state index in [0.717, 1.165) is 15.6 Å². The quantitative estimate of drug-likeness (QED) is 0.631. The molecular weight excluding hydrogens is 354 g/mol. The van der Waals surface area contributed by atoms with Crippen molar-refractivity contribution in [3.63, 3.8) is 0 Å². The predicted octanol–water partition coefficient (Wildman–Crippen LogP) is 4.75. The molecule has 3 aromatic rings. The Morgan fingerprint density at radius 1 is 1.05 bits per heavy atom. The lowest BCUT2D eigenvalue weighted by Gasteiger charge is -2.09. The van der Waals surface area contributed by atoms with Gasteiger partial charge in [0.25, 0.3) is 0 Å². The molecule has 0 saturated heterocycles. The zero-order chi connectivity index (χ0) is 14.7. The molecule has 4 nitrogen and oxygen atoms in total. The van der Waals surface area contributed by atoms with Crippen molar-refractivity contribution < 1.29 is 4.74 Å². The molecule has 0 radical (unpaired) electrons. The van der Waals surface area contributed by atoms with Gasteiger partial charge in [-0.2, -0.15) is 4.98 Å². The van der Waals surface area contributed by atoms with Gasteiger partial charge < -0.3 is 4.74 Å². The van der Waals surface area contributed by atoms with Gasteiger partial charge in [0.2, 0.25) is 17.0 Å². The van der Waals surface area contributed by atoms with Crippen LogP contribution in [0.5, 0.6) is 11.8 Å². The van der Waals surface area contributed by atoms with Gasteiger partial charge in [0, 0.05) is 22.9 Å². The highest BCUT2D eigenvalue weighted by atomic mass is 79.9. The van der Waals surface area contributed by atoms with E-state index in [4.69, 9.17) is 16.3 Å². The van der Waals surface area contributed by atoms with Crippen molar-refractivity contribution in [3.05, 3.63) is 64.6 Å². The second-order valence-corrected chi connectivity index (χ2v) is 5.39. The number of halogens is 2. The van der Waals surface area contributed by atoms with E-state index in [1.807, 2.05) is 36.4 Å². The second-order valence-electron chi connectivity index (χ2n) is 4.14. The van der Waals surface area contributed by atoms with Crippen LogP contribution in [0.3, 0.4) is 0 Å². The molecule has 104 valence electrons. The molecule has 0 aliphatic heterocycles. The molecule has 3 rings (SSSR count). The summed E-state index contributed by atoms with van der Waals surface area (Å²) in [5, 5.41) is 0.125. The van der Waals surface area contributed by atoms with Gasteiger partial charge in [-0.3, -0.25) is 0 Å². The summed E-state index contributed by atoms with van der Waals surface area (Å²) in [5.41, 5.74) is 1.70. The van der Waals surface area contributed by atoms with E-state index in [0.29, 0.717) is 11.8 Å². The Hall–Kier alpha value is -1.98. The Bertz CT molecular complexity index is 768. The largest absolute Gasteiger partial charge is 0.420 e. The summed E-state index contributed by atoms with van der Waals surface area (Å²) in [6.07, 6.45) is 3.28. The molecular formula is C15H9BrClN3O. The molecule has 0 atom stereocenters. The van der Waals surface area contributed by atoms with Gasteiger partial charge in [-0.25, -0.2) is 9.97 Å². The maximum absolute atomic E-state index is 5.87. The zero-order valence-electron chi connectivity index (χ0n) is 10.7. The molecule has 0 aliphatic carbocycles. The Morgan fingerprint density at radius 2 is 1.86 bits per heavy atom. The van der Waals surface area contributed by atoms with E-state index < -0.39 is 0 Å². The molecule has 0 N–H and O–H groups in total. The number of benzene rings is 1. The SMILES string of the molecule is Clc1ncc(-c2ccccc2)c(Oc2cc(Br)ccn2)n1. The van der Waals surface area contributed by atoms with E-state index in [2.05, 4.69) is 30.9 Å². The number of pyridine rings is 1. The molecule has 0 aliphatic rings. The van der Waals surface area contributed by atoms with Crippen LogP contribution in [0.4, 0.5) is 0 Å². The lowest BCUT2D eigenvalue weighted by atomic mass is 10.1. The smallest absolute Gasteiger partial charge is 0.233 e. The first-order chi connectivity index (χ1) is 10.2. The normalized spacial score (nSPS) is 10.4. The van der Waals surface area contributed by atoms with Crippen LogP contribution in [0.2, 0.25) is 5.28 Å². The highest BCUT2D eigenvalue weighted by Gasteiger charge is 2.11. The summed E-state index contributed by atoms with van der Waals surface area (Å²) in [4.78, 5) is 12.3. The zero-order valence-corrected chi connectivity index (χ0v) is 13.0. The second kappa shape index (κ2) is 6.20. The monoisotopic (exact) mass is 361 g/mol. The molecule has 2 heterocycles. The van der Waals surface area contributed by atoms with Crippen molar-refractivity contribution in [1.29, 1.82) is 0 Å². The minimum absolute atomic E-state index is 0.125. The Labute approximate surface area is 134 Å². The van der Waals surface area contributed by atoms with Crippen LogP contribution >= 0.6 is 27.5 Å². The third kappa shape index (κ3) is 3.37. The van der Waals surface area contributed by atoms with Gasteiger partial charge in [0.1, 0.15) is 0 Å². The molecule has 0 bridgehead atoms. The Balaban J connectivity index is 2.03. The molecule has 6 heteroatoms. The van der Waals surface area contributed by atoms with Crippen molar-refractivity contribution >= 4 is 27.5 Å². The first-order valence-electron chi connectivity index (χ1n) is 6.10. The molecule has 0 amide bonds. The fourth-order valence-corrected chi connectivity index (χ4v) is 2.22. The minimum Gasteiger partial charge on any atom is -0.420 e. The topological polar surface area (TPSA) is 47.9 Å². The molecule has 2 aromatic heterocycles. The first-order valence-corrected chi connectivity index (χ1v) is 7.27. The molecule has 1 aromatic carbocycles. The van der Waals surface area contributed by atoms with Crippen LogP contribution in [0.1, 0.15) is 0 Å². The summed E-state index contributed by atoms with van der Waals surface area (Å²) in [7, 11) is 0. The lowest BCUT2D eigenvalue weighted by Crippen LogP contribution is -1.95. The molecule has 0 spiro atoms. The van der Waals surface area contributed by atoms with Crippen molar-refractivity contribution in [2.24, 2.45) is 0 Å². The van der Waals surface area contributed by atoms with Crippen LogP contribution in [-0.4, -0.2) is 15.0 Å². The van der Waals surface area contributed by atoms with Gasteiger partial charge in [-0.05, 0) is 23.2 Å². The van der Waals surface area contributed by atoms with E-state index >= 15 is 0 Å². The van der Waals surface area contributed by atoms with Crippen molar-refractivity contribution in [3.8, 4) is 22.9 Å². The summed E-state index contributed by atoms with van der Waals surface area (Å²) in [6.45, 7) is 0. The number of aromatic nitrogens is 3. The fourth-order valence-electron chi connectivity index (χ4n) is 1.78. The average Bonchev–Trinajstić information content (AvgIpc) is 2.48. The van der Waals surface area contributed by atoms with Crippen LogP contribution in [-0.2, 0) is 0 Å². The summed E-state index contributed by atoms with van der Waals surface area (Å²) in [6, 6.07) is 13.3. The Morgan fingerprint density at radius 3 is 2.62 bits per heavy atom. The highest BCUT2D eigenvalue weighted by molar-refractivity contribution is 9.10. The average molecular weight is 363 g/mol. The van der Waals surface area contributed by atoms with Crippen molar-refractivity contribution in [2.45, 2.75) is 0 Å². The first kappa shape index (κ1) is 14.0. The maximum atomic E-state index is 5.87. The standard InChI is InChI=1S/C15H9BrClN3O/c16-11-6-7-18-13(8-11)21-14-12(9-19-15(17)20-14)10-4-2-1-3-5-10/h1-9H. The number of nitrogens with zero attached hydrogens (tertiary/aromatic N) is 3. The van der Waals surface area contributed by atoms with Crippen LogP contribution in [0.15, 0.2) is 59.3 Å². The third-order valence-corrected chi connectivity index (χ3v) is 3.38. The minimum atomic E-state index is 0.125. The molecule has 0 unspecified atom stereocenters. The third-order valence-electron chi connectivity index (χ3n) is 2.71. The van der Waals surface area contributed by atoms with Crippen LogP contribution in [0, 0.1) is 0 Å². The Kier molecular flexibility index (Phi) is 4.13. The van der Waals surface area contributed by atoms with E-state index in [1.54, 1.807) is 18.5 Å². The number of hydrogen-bond acceptors (Lipinski definition) is 4. The van der Waals surface area contributed by atoms with Gasteiger partial charge in [0.15, 0.2) is 0 Å². The van der Waals surface area contributed by atoms with E-state index in [-0.39, 0.29) is 5.28 Å². The maximum Gasteiger partial charge on any atom is 0.233 e. The number of ether oxygens (including phenoxy) is 1. The number of hydrogen-bond donors (Lipinski definition) is 0. The van der Waals surface area contributed by atoms with E-state index in [9.17, 15) is 0 Å². The summed E-state index contributed by atoms with van der Waals surface area (Å²) in [5.74, 6) is 0.795. The van der Waals surface area contributed by atoms with Gasteiger partial charge in [-0.15, -0.1) is 0 Å². The van der Waals surface area contributed by atoms with Crippen LogP contribution < -0.4 is 4.74 Å². The van der Waals surface area contributed by atoms with Gasteiger partial charge in [0.05, 0.1) is 5.56 Å². The van der Waals surface area contributed by atoms with Crippen LogP contribution in [0.25, 0.3) is 11.1 Å². The van der Waals surface area contributed by atoms with Gasteiger partial charge in [-0.1, -0.05) is 46.3 Å². The lowest BCUT2D eigenvalue weighted by molar-refractivity contribution is 0.445. The molecule has 21 heavy (non-hydrogen) atoms. The van der Waals surface area contributed by atoms with E-state index in [1.165, 1.54) is 0 Å². The van der Waals surface area contributed by atoms with Gasteiger partial charge >= 0.3 is 0 Å².